The molecule has 0 amide bonds. The quantitative estimate of drug-likeness (QED) is 0.606. The lowest BCUT2D eigenvalue weighted by Crippen LogP contribution is -2.29. The van der Waals surface area contributed by atoms with Gasteiger partial charge in [0.2, 0.25) is 0 Å². The Hall–Kier alpha value is -0.610. The summed E-state index contributed by atoms with van der Waals surface area (Å²) in [5.74, 6) is -0.0885. The summed E-state index contributed by atoms with van der Waals surface area (Å²) < 4.78 is 0. The molecule has 12 heavy (non-hydrogen) atoms. The van der Waals surface area contributed by atoms with Crippen LogP contribution in [0.3, 0.4) is 0 Å². The maximum Gasteiger partial charge on any atom is 0.317 e. The van der Waals surface area contributed by atoms with Gasteiger partial charge < -0.3 is 10.4 Å². The topological polar surface area (TPSA) is 52.6 Å². The SMILES string of the molecule is CNCC1CCN(CC(=O)O)C1. The summed E-state index contributed by atoms with van der Waals surface area (Å²) in [6, 6.07) is 0. The van der Waals surface area contributed by atoms with Crippen molar-refractivity contribution in [2.24, 2.45) is 5.92 Å². The fourth-order valence-electron chi connectivity index (χ4n) is 1.70. The van der Waals surface area contributed by atoms with Crippen molar-refractivity contribution in [1.29, 1.82) is 0 Å². The largest absolute Gasteiger partial charge is 0.480 e. The molecule has 1 unspecified atom stereocenters. The minimum Gasteiger partial charge on any atom is -0.480 e. The summed E-state index contributed by atoms with van der Waals surface area (Å²) in [5.41, 5.74) is 0. The lowest BCUT2D eigenvalue weighted by atomic mass is 10.1. The Bertz CT molecular complexity index is 161. The lowest BCUT2D eigenvalue weighted by Gasteiger charge is -2.12. The highest BCUT2D eigenvalue weighted by Crippen LogP contribution is 2.14. The Balaban J connectivity index is 2.21. The van der Waals surface area contributed by atoms with Gasteiger partial charge in [0.1, 0.15) is 0 Å². The monoisotopic (exact) mass is 172 g/mol. The van der Waals surface area contributed by atoms with Crippen LogP contribution in [0.5, 0.6) is 0 Å². The second-order valence-corrected chi connectivity index (χ2v) is 3.34. The fourth-order valence-corrected chi connectivity index (χ4v) is 1.70. The molecular weight excluding hydrogens is 156 g/mol. The number of aliphatic carboxylic acids is 1. The van der Waals surface area contributed by atoms with Crippen molar-refractivity contribution in [3.63, 3.8) is 0 Å². The minimum atomic E-state index is -0.722. The third-order valence-corrected chi connectivity index (χ3v) is 2.22. The van der Waals surface area contributed by atoms with E-state index in [0.29, 0.717) is 5.92 Å². The third-order valence-electron chi connectivity index (χ3n) is 2.22. The molecule has 0 aromatic carbocycles. The van der Waals surface area contributed by atoms with Crippen molar-refractivity contribution in [3.05, 3.63) is 0 Å². The molecule has 1 aliphatic heterocycles. The van der Waals surface area contributed by atoms with Crippen molar-refractivity contribution < 1.29 is 9.90 Å². The zero-order chi connectivity index (χ0) is 8.97. The van der Waals surface area contributed by atoms with Gasteiger partial charge in [0.25, 0.3) is 0 Å². The van der Waals surface area contributed by atoms with Crippen molar-refractivity contribution in [1.82, 2.24) is 10.2 Å². The first-order valence-corrected chi connectivity index (χ1v) is 4.31. The van der Waals surface area contributed by atoms with Crippen LogP contribution in [0, 0.1) is 5.92 Å². The minimum absolute atomic E-state index is 0.195. The molecule has 0 aliphatic carbocycles. The van der Waals surface area contributed by atoms with Crippen molar-refractivity contribution >= 4 is 5.97 Å². The third kappa shape index (κ3) is 2.79. The predicted molar refractivity (Wildman–Crippen MR) is 46.1 cm³/mol. The van der Waals surface area contributed by atoms with E-state index >= 15 is 0 Å². The summed E-state index contributed by atoms with van der Waals surface area (Å²) in [5, 5.41) is 11.6. The first kappa shape index (κ1) is 9.48. The van der Waals surface area contributed by atoms with E-state index in [1.165, 1.54) is 0 Å². The van der Waals surface area contributed by atoms with Crippen molar-refractivity contribution in [2.75, 3.05) is 33.2 Å². The van der Waals surface area contributed by atoms with Gasteiger partial charge in [-0.2, -0.15) is 0 Å². The Morgan fingerprint density at radius 1 is 1.75 bits per heavy atom. The van der Waals surface area contributed by atoms with Gasteiger partial charge in [-0.3, -0.25) is 9.69 Å². The van der Waals surface area contributed by atoms with E-state index in [4.69, 9.17) is 5.11 Å². The van der Waals surface area contributed by atoms with E-state index in [9.17, 15) is 4.79 Å². The van der Waals surface area contributed by atoms with Crippen LogP contribution in [0.25, 0.3) is 0 Å². The molecule has 0 aromatic heterocycles. The van der Waals surface area contributed by atoms with Crippen LogP contribution in [0.4, 0.5) is 0 Å². The summed E-state index contributed by atoms with van der Waals surface area (Å²) in [4.78, 5) is 12.4. The molecule has 0 bridgehead atoms. The smallest absolute Gasteiger partial charge is 0.317 e. The van der Waals surface area contributed by atoms with Crippen LogP contribution in [-0.2, 0) is 4.79 Å². The van der Waals surface area contributed by atoms with Gasteiger partial charge in [0.05, 0.1) is 6.54 Å². The molecule has 4 nitrogen and oxygen atoms in total. The Labute approximate surface area is 72.6 Å². The highest BCUT2D eigenvalue weighted by molar-refractivity contribution is 5.69. The van der Waals surface area contributed by atoms with E-state index in [-0.39, 0.29) is 6.54 Å². The Kier molecular flexibility index (Phi) is 3.49. The van der Waals surface area contributed by atoms with Crippen LogP contribution >= 0.6 is 0 Å². The Morgan fingerprint density at radius 3 is 3.08 bits per heavy atom. The van der Waals surface area contributed by atoms with Crippen molar-refractivity contribution in [2.45, 2.75) is 6.42 Å². The number of carboxylic acid groups (broad SMARTS) is 1. The molecule has 1 aliphatic rings. The van der Waals surface area contributed by atoms with Gasteiger partial charge in [-0.05, 0) is 32.5 Å². The molecule has 1 saturated heterocycles. The van der Waals surface area contributed by atoms with Crippen LogP contribution in [0.2, 0.25) is 0 Å². The van der Waals surface area contributed by atoms with Gasteiger partial charge in [-0.15, -0.1) is 0 Å². The predicted octanol–water partition coefficient (Wildman–Crippen LogP) is -0.388. The van der Waals surface area contributed by atoms with Gasteiger partial charge in [-0.1, -0.05) is 0 Å². The highest BCUT2D eigenvalue weighted by Gasteiger charge is 2.22. The summed E-state index contributed by atoms with van der Waals surface area (Å²) >= 11 is 0. The van der Waals surface area contributed by atoms with E-state index < -0.39 is 5.97 Å². The molecule has 0 saturated carbocycles. The zero-order valence-corrected chi connectivity index (χ0v) is 7.42. The van der Waals surface area contributed by atoms with E-state index in [2.05, 4.69) is 5.32 Å². The first-order valence-electron chi connectivity index (χ1n) is 4.31. The molecule has 70 valence electrons. The van der Waals surface area contributed by atoms with E-state index in [1.807, 2.05) is 11.9 Å². The average Bonchev–Trinajstić information content (AvgIpc) is 2.36. The summed E-state index contributed by atoms with van der Waals surface area (Å²) in [6.45, 7) is 3.04. The molecule has 0 radical (unpaired) electrons. The number of hydrogen-bond donors (Lipinski definition) is 2. The summed E-state index contributed by atoms with van der Waals surface area (Å²) in [6.07, 6.45) is 1.12. The molecule has 1 fully saturated rings. The normalized spacial score (nSPS) is 24.6. The second kappa shape index (κ2) is 4.42. The number of nitrogens with one attached hydrogen (secondary N) is 1. The van der Waals surface area contributed by atoms with Crippen LogP contribution in [-0.4, -0.2) is 49.2 Å². The van der Waals surface area contributed by atoms with Crippen LogP contribution in [0.1, 0.15) is 6.42 Å². The number of nitrogens with zero attached hydrogens (tertiary/aromatic N) is 1. The second-order valence-electron chi connectivity index (χ2n) is 3.34. The maximum absolute atomic E-state index is 10.4. The average molecular weight is 172 g/mol. The number of carboxylic acids is 1. The fraction of sp³-hybridized carbons (Fsp3) is 0.875. The van der Waals surface area contributed by atoms with Gasteiger partial charge >= 0.3 is 5.97 Å². The number of hydrogen-bond acceptors (Lipinski definition) is 3. The molecular formula is C8H16N2O2. The standard InChI is InChI=1S/C8H16N2O2/c1-9-4-7-2-3-10(5-7)6-8(11)12/h7,9H,2-6H2,1H3,(H,11,12). The van der Waals surface area contributed by atoms with Crippen LogP contribution < -0.4 is 5.32 Å². The Morgan fingerprint density at radius 2 is 2.50 bits per heavy atom. The highest BCUT2D eigenvalue weighted by atomic mass is 16.4. The summed E-state index contributed by atoms with van der Waals surface area (Å²) in [7, 11) is 1.93. The molecule has 1 rings (SSSR count). The molecule has 0 aromatic rings. The molecule has 4 heteroatoms. The number of carbonyl (C=O) groups is 1. The first-order chi connectivity index (χ1) is 5.72. The molecule has 2 N–H and O–H groups in total. The van der Waals surface area contributed by atoms with Crippen molar-refractivity contribution in [3.8, 4) is 0 Å². The maximum atomic E-state index is 10.4. The molecule has 1 heterocycles. The van der Waals surface area contributed by atoms with E-state index in [0.717, 1.165) is 26.1 Å². The van der Waals surface area contributed by atoms with E-state index in [1.54, 1.807) is 0 Å². The van der Waals surface area contributed by atoms with Gasteiger partial charge in [0, 0.05) is 6.54 Å². The number of rotatable bonds is 4. The lowest BCUT2D eigenvalue weighted by molar-refractivity contribution is -0.138. The van der Waals surface area contributed by atoms with Crippen LogP contribution in [0.15, 0.2) is 0 Å². The zero-order valence-electron chi connectivity index (χ0n) is 7.42. The molecule has 0 spiro atoms. The molecule has 1 atom stereocenters. The van der Waals surface area contributed by atoms with Gasteiger partial charge in [0.15, 0.2) is 0 Å². The number of likely N-dealkylation sites (tertiary alicyclic amines) is 1. The van der Waals surface area contributed by atoms with Gasteiger partial charge in [-0.25, -0.2) is 0 Å².